The molecule has 1 fully saturated rings. The summed E-state index contributed by atoms with van der Waals surface area (Å²) in [6.07, 6.45) is 0.820. The fraction of sp³-hybridized carbons (Fsp3) is 0.462. The van der Waals surface area contributed by atoms with E-state index in [1.54, 1.807) is 0 Å². The van der Waals surface area contributed by atoms with Crippen molar-refractivity contribution in [2.75, 3.05) is 25.0 Å². The number of hydrogen-bond acceptors (Lipinski definition) is 3. The average molecular weight is 268 g/mol. The molecule has 0 bridgehead atoms. The van der Waals surface area contributed by atoms with Gasteiger partial charge in [-0.15, -0.1) is 0 Å². The second-order valence-corrected chi connectivity index (χ2v) is 5.01. The Labute approximate surface area is 112 Å². The van der Waals surface area contributed by atoms with Gasteiger partial charge in [0.2, 0.25) is 5.91 Å². The number of nitrogens with two attached hydrogens (primary N) is 1. The topological polar surface area (TPSA) is 58.4 Å². The third-order valence-electron chi connectivity index (χ3n) is 3.38. The lowest BCUT2D eigenvalue weighted by Crippen LogP contribution is -2.28. The van der Waals surface area contributed by atoms with E-state index >= 15 is 0 Å². The van der Waals surface area contributed by atoms with Gasteiger partial charge in [0.15, 0.2) is 0 Å². The Hall–Kier alpha value is -1.26. The lowest BCUT2D eigenvalue weighted by atomic mass is 10.1. The molecule has 5 heteroatoms. The first-order chi connectivity index (χ1) is 8.63. The Bertz CT molecular complexity index is 450. The number of nitrogens with one attached hydrogen (secondary N) is 1. The second-order valence-electron chi connectivity index (χ2n) is 4.60. The first-order valence-electron chi connectivity index (χ1n) is 6.09. The van der Waals surface area contributed by atoms with Gasteiger partial charge in [-0.3, -0.25) is 4.79 Å². The zero-order chi connectivity index (χ0) is 13.1. The molecule has 3 N–H and O–H groups in total. The standard InChI is InChI=1S/C13H18ClN3O/c1-16-7-10-11(14)3-2-4-12(10)17-6-5-9(8-17)13(15)18/h2-4,9,16H,5-8H2,1H3,(H2,15,18). The molecule has 1 heterocycles. The number of benzene rings is 1. The highest BCUT2D eigenvalue weighted by atomic mass is 35.5. The fourth-order valence-electron chi connectivity index (χ4n) is 2.41. The van der Waals surface area contributed by atoms with Gasteiger partial charge >= 0.3 is 0 Å². The SMILES string of the molecule is CNCc1c(Cl)cccc1N1CCC(C(N)=O)C1. The van der Waals surface area contributed by atoms with Crippen molar-refractivity contribution in [3.8, 4) is 0 Å². The summed E-state index contributed by atoms with van der Waals surface area (Å²) in [7, 11) is 1.89. The van der Waals surface area contributed by atoms with Gasteiger partial charge in [0.25, 0.3) is 0 Å². The van der Waals surface area contributed by atoms with Crippen LogP contribution >= 0.6 is 11.6 Å². The molecule has 4 nitrogen and oxygen atoms in total. The van der Waals surface area contributed by atoms with Crippen LogP contribution in [0, 0.1) is 5.92 Å². The van der Waals surface area contributed by atoms with Gasteiger partial charge in [-0.25, -0.2) is 0 Å². The van der Waals surface area contributed by atoms with Gasteiger partial charge in [-0.2, -0.15) is 0 Å². The van der Waals surface area contributed by atoms with Crippen molar-refractivity contribution in [3.05, 3.63) is 28.8 Å². The summed E-state index contributed by atoms with van der Waals surface area (Å²) in [5.41, 5.74) is 7.53. The predicted molar refractivity (Wildman–Crippen MR) is 73.7 cm³/mol. The summed E-state index contributed by atoms with van der Waals surface area (Å²) in [5.74, 6) is -0.263. The van der Waals surface area contributed by atoms with Crippen molar-refractivity contribution in [3.63, 3.8) is 0 Å². The minimum Gasteiger partial charge on any atom is -0.370 e. The van der Waals surface area contributed by atoms with Gasteiger partial charge in [0.1, 0.15) is 0 Å². The van der Waals surface area contributed by atoms with Crippen LogP contribution in [0.2, 0.25) is 5.02 Å². The normalized spacial score (nSPS) is 19.2. The molecule has 1 aliphatic heterocycles. The Morgan fingerprint density at radius 1 is 1.61 bits per heavy atom. The Balaban J connectivity index is 2.23. The second kappa shape index (κ2) is 5.59. The molecule has 1 aliphatic rings. The summed E-state index contributed by atoms with van der Waals surface area (Å²) in [6.45, 7) is 2.25. The number of halogens is 1. The van der Waals surface area contributed by atoms with Crippen LogP contribution < -0.4 is 16.0 Å². The number of primary amides is 1. The maximum Gasteiger partial charge on any atom is 0.222 e. The Morgan fingerprint density at radius 2 is 2.39 bits per heavy atom. The van der Waals surface area contributed by atoms with E-state index in [1.165, 1.54) is 0 Å². The molecule has 1 saturated heterocycles. The van der Waals surface area contributed by atoms with Gasteiger partial charge in [0, 0.05) is 35.9 Å². The molecular weight excluding hydrogens is 250 g/mol. The van der Waals surface area contributed by atoms with E-state index in [0.29, 0.717) is 13.1 Å². The van der Waals surface area contributed by atoms with Crippen molar-refractivity contribution in [2.24, 2.45) is 11.7 Å². The van der Waals surface area contributed by atoms with Crippen molar-refractivity contribution in [1.82, 2.24) is 5.32 Å². The van der Waals surface area contributed by atoms with Crippen LogP contribution in [-0.4, -0.2) is 26.0 Å². The molecule has 0 aromatic heterocycles. The summed E-state index contributed by atoms with van der Waals surface area (Å²) in [5, 5.41) is 3.87. The lowest BCUT2D eigenvalue weighted by Gasteiger charge is -2.22. The molecule has 0 aliphatic carbocycles. The molecule has 1 aromatic carbocycles. The lowest BCUT2D eigenvalue weighted by molar-refractivity contribution is -0.121. The largest absolute Gasteiger partial charge is 0.370 e. The van der Waals surface area contributed by atoms with Gasteiger partial charge in [-0.05, 0) is 25.6 Å². The van der Waals surface area contributed by atoms with Crippen molar-refractivity contribution < 1.29 is 4.79 Å². The average Bonchev–Trinajstić information content (AvgIpc) is 2.81. The highest BCUT2D eigenvalue weighted by molar-refractivity contribution is 6.31. The van der Waals surface area contributed by atoms with Crippen molar-refractivity contribution in [2.45, 2.75) is 13.0 Å². The maximum atomic E-state index is 11.2. The summed E-state index contributed by atoms with van der Waals surface area (Å²) >= 11 is 6.23. The molecule has 18 heavy (non-hydrogen) atoms. The van der Waals surface area contributed by atoms with Crippen LogP contribution in [0.15, 0.2) is 18.2 Å². The number of carbonyl (C=O) groups excluding carboxylic acids is 1. The van der Waals surface area contributed by atoms with E-state index in [9.17, 15) is 4.79 Å². The zero-order valence-corrected chi connectivity index (χ0v) is 11.2. The zero-order valence-electron chi connectivity index (χ0n) is 10.4. The molecule has 0 saturated carbocycles. The van der Waals surface area contributed by atoms with Crippen molar-refractivity contribution in [1.29, 1.82) is 0 Å². The first kappa shape index (κ1) is 13.2. The number of hydrogen-bond donors (Lipinski definition) is 2. The van der Waals surface area contributed by atoms with E-state index in [0.717, 1.165) is 29.2 Å². The Morgan fingerprint density at radius 3 is 3.00 bits per heavy atom. The fourth-order valence-corrected chi connectivity index (χ4v) is 2.64. The molecule has 0 spiro atoms. The summed E-state index contributed by atoms with van der Waals surface area (Å²) in [4.78, 5) is 13.4. The van der Waals surface area contributed by atoms with E-state index in [4.69, 9.17) is 17.3 Å². The van der Waals surface area contributed by atoms with E-state index < -0.39 is 0 Å². The molecule has 1 unspecified atom stereocenters. The molecule has 1 amide bonds. The molecule has 1 atom stereocenters. The highest BCUT2D eigenvalue weighted by Crippen LogP contribution is 2.31. The molecule has 0 radical (unpaired) electrons. The molecule has 1 aromatic rings. The minimum atomic E-state index is -0.213. The van der Waals surface area contributed by atoms with Crippen LogP contribution in [0.1, 0.15) is 12.0 Å². The van der Waals surface area contributed by atoms with E-state index in [2.05, 4.69) is 10.2 Å². The maximum absolute atomic E-state index is 11.2. The number of carbonyl (C=O) groups is 1. The van der Waals surface area contributed by atoms with E-state index in [1.807, 2.05) is 25.2 Å². The number of anilines is 1. The summed E-state index contributed by atoms with van der Waals surface area (Å²) in [6, 6.07) is 5.87. The molecular formula is C13H18ClN3O. The van der Waals surface area contributed by atoms with Gasteiger partial charge in [0.05, 0.1) is 5.92 Å². The predicted octanol–water partition coefficient (Wildman–Crippen LogP) is 1.37. The monoisotopic (exact) mass is 267 g/mol. The third-order valence-corrected chi connectivity index (χ3v) is 3.73. The van der Waals surface area contributed by atoms with Gasteiger partial charge < -0.3 is 16.0 Å². The van der Waals surface area contributed by atoms with Gasteiger partial charge in [-0.1, -0.05) is 17.7 Å². The van der Waals surface area contributed by atoms with Crippen LogP contribution in [0.5, 0.6) is 0 Å². The summed E-state index contributed by atoms with van der Waals surface area (Å²) < 4.78 is 0. The number of rotatable bonds is 4. The van der Waals surface area contributed by atoms with Crippen LogP contribution in [0.4, 0.5) is 5.69 Å². The Kier molecular flexibility index (Phi) is 4.09. The number of nitrogens with zero attached hydrogens (tertiary/aromatic N) is 1. The van der Waals surface area contributed by atoms with E-state index in [-0.39, 0.29) is 11.8 Å². The van der Waals surface area contributed by atoms with Crippen LogP contribution in [0.25, 0.3) is 0 Å². The third kappa shape index (κ3) is 2.60. The highest BCUT2D eigenvalue weighted by Gasteiger charge is 2.28. The smallest absolute Gasteiger partial charge is 0.222 e. The van der Waals surface area contributed by atoms with Crippen LogP contribution in [-0.2, 0) is 11.3 Å². The first-order valence-corrected chi connectivity index (χ1v) is 6.47. The molecule has 98 valence electrons. The van der Waals surface area contributed by atoms with Crippen LogP contribution in [0.3, 0.4) is 0 Å². The van der Waals surface area contributed by atoms with Crippen molar-refractivity contribution >= 4 is 23.2 Å². The minimum absolute atomic E-state index is 0.0496. The number of amides is 1. The molecule has 2 rings (SSSR count). The quantitative estimate of drug-likeness (QED) is 0.866.